The molecule has 0 aliphatic rings. The first-order chi connectivity index (χ1) is 12.9. The summed E-state index contributed by atoms with van der Waals surface area (Å²) in [5, 5.41) is 2.28. The summed E-state index contributed by atoms with van der Waals surface area (Å²) in [4.78, 5) is 18.3. The molecule has 0 saturated carbocycles. The van der Waals surface area contributed by atoms with Crippen LogP contribution in [0.1, 0.15) is 16.1 Å². The Morgan fingerprint density at radius 3 is 2.22 bits per heavy atom. The molecule has 0 bridgehead atoms. The zero-order valence-electron chi connectivity index (χ0n) is 14.4. The Balaban J connectivity index is 1.77. The molecule has 1 heterocycles. The number of carbonyl (C=O) groups is 1. The Bertz CT molecular complexity index is 925. The van der Waals surface area contributed by atoms with E-state index in [1.165, 1.54) is 30.5 Å². The van der Waals surface area contributed by atoms with Crippen LogP contribution in [0.2, 0.25) is 0 Å². The molecule has 1 amide bonds. The second-order valence-electron chi connectivity index (χ2n) is 5.79. The van der Waals surface area contributed by atoms with Crippen molar-refractivity contribution in [3.63, 3.8) is 0 Å². The molecule has 0 saturated heterocycles. The molecule has 3 rings (SSSR count). The average Bonchev–Trinajstić information content (AvgIpc) is 2.68. The highest BCUT2D eigenvalue weighted by Gasteiger charge is 2.33. The summed E-state index contributed by atoms with van der Waals surface area (Å²) in [6.07, 6.45) is -3.06. The summed E-state index contributed by atoms with van der Waals surface area (Å²) in [5.41, 5.74) is 0.502. The second kappa shape index (κ2) is 7.49. The fourth-order valence-electron chi connectivity index (χ4n) is 2.55. The molecule has 0 radical (unpaired) electrons. The molecule has 0 unspecified atom stereocenters. The van der Waals surface area contributed by atoms with E-state index in [1.807, 2.05) is 42.3 Å². The van der Waals surface area contributed by atoms with Crippen molar-refractivity contribution < 1.29 is 18.0 Å². The number of amides is 1. The van der Waals surface area contributed by atoms with Gasteiger partial charge in [-0.3, -0.25) is 4.79 Å². The number of nitrogens with zero attached hydrogens (tertiary/aromatic N) is 2. The fourth-order valence-corrected chi connectivity index (χ4v) is 2.55. The second-order valence-corrected chi connectivity index (χ2v) is 5.79. The van der Waals surface area contributed by atoms with Gasteiger partial charge in [-0.2, -0.15) is 13.2 Å². The molecule has 27 heavy (non-hydrogen) atoms. The molecule has 1 aromatic heterocycles. The molecule has 4 nitrogen and oxygen atoms in total. The van der Waals surface area contributed by atoms with Crippen LogP contribution >= 0.6 is 0 Å². The zero-order chi connectivity index (χ0) is 19.4. The minimum absolute atomic E-state index is 0.0252. The third kappa shape index (κ3) is 4.25. The van der Waals surface area contributed by atoms with E-state index in [-0.39, 0.29) is 11.4 Å². The number of para-hydroxylation sites is 2. The molecule has 0 atom stereocenters. The van der Waals surface area contributed by atoms with Gasteiger partial charge >= 0.3 is 6.18 Å². The van der Waals surface area contributed by atoms with Crippen LogP contribution < -0.4 is 10.2 Å². The lowest BCUT2D eigenvalue weighted by molar-refractivity contribution is -0.136. The predicted octanol–water partition coefficient (Wildman–Crippen LogP) is 5.12. The van der Waals surface area contributed by atoms with E-state index < -0.39 is 17.6 Å². The van der Waals surface area contributed by atoms with Crippen LogP contribution in [0.5, 0.6) is 0 Å². The topological polar surface area (TPSA) is 45.2 Å². The normalized spacial score (nSPS) is 11.1. The van der Waals surface area contributed by atoms with Crippen molar-refractivity contribution in [3.05, 3.63) is 84.2 Å². The fraction of sp³-hybridized carbons (Fsp3) is 0.100. The van der Waals surface area contributed by atoms with Crippen molar-refractivity contribution in [1.29, 1.82) is 0 Å². The zero-order valence-corrected chi connectivity index (χ0v) is 14.4. The molecule has 0 fully saturated rings. The molecule has 0 spiro atoms. The third-order valence-corrected chi connectivity index (χ3v) is 3.99. The number of hydrogen-bond acceptors (Lipinski definition) is 3. The first-order valence-electron chi connectivity index (χ1n) is 8.08. The summed E-state index contributed by atoms with van der Waals surface area (Å²) >= 11 is 0. The third-order valence-electron chi connectivity index (χ3n) is 3.99. The lowest BCUT2D eigenvalue weighted by Gasteiger charge is -2.19. The highest BCUT2D eigenvalue weighted by Crippen LogP contribution is 2.34. The highest BCUT2D eigenvalue weighted by molar-refractivity contribution is 6.03. The number of pyridine rings is 1. The smallest absolute Gasteiger partial charge is 0.343 e. The van der Waals surface area contributed by atoms with Crippen molar-refractivity contribution in [3.8, 4) is 0 Å². The van der Waals surface area contributed by atoms with Crippen molar-refractivity contribution in [2.24, 2.45) is 0 Å². The van der Waals surface area contributed by atoms with Gasteiger partial charge in [0.25, 0.3) is 5.91 Å². The van der Waals surface area contributed by atoms with Gasteiger partial charge in [0.05, 0.1) is 23.1 Å². The molecule has 2 aromatic carbocycles. The number of alkyl halides is 3. The molecular weight excluding hydrogens is 355 g/mol. The molecule has 0 aliphatic carbocycles. The van der Waals surface area contributed by atoms with Gasteiger partial charge in [0.1, 0.15) is 5.69 Å². The maximum atomic E-state index is 13.0. The maximum absolute atomic E-state index is 13.0. The van der Waals surface area contributed by atoms with E-state index in [9.17, 15) is 18.0 Å². The van der Waals surface area contributed by atoms with Gasteiger partial charge in [-0.1, -0.05) is 30.3 Å². The van der Waals surface area contributed by atoms with Crippen LogP contribution in [-0.4, -0.2) is 17.9 Å². The summed E-state index contributed by atoms with van der Waals surface area (Å²) in [6.45, 7) is 0. The Labute approximate surface area is 154 Å². The van der Waals surface area contributed by atoms with Crippen LogP contribution in [0.25, 0.3) is 0 Å². The van der Waals surface area contributed by atoms with E-state index >= 15 is 0 Å². The highest BCUT2D eigenvalue weighted by atomic mass is 19.4. The molecule has 138 valence electrons. The number of rotatable bonds is 4. The summed E-state index contributed by atoms with van der Waals surface area (Å²) in [6, 6.07) is 17.5. The first kappa shape index (κ1) is 18.4. The Kier molecular flexibility index (Phi) is 5.12. The number of halogens is 3. The van der Waals surface area contributed by atoms with E-state index in [1.54, 1.807) is 6.07 Å². The van der Waals surface area contributed by atoms with Crippen molar-refractivity contribution in [2.45, 2.75) is 6.18 Å². The largest absolute Gasteiger partial charge is 0.418 e. The van der Waals surface area contributed by atoms with Gasteiger partial charge in [-0.15, -0.1) is 0 Å². The van der Waals surface area contributed by atoms with Crippen LogP contribution in [0.3, 0.4) is 0 Å². The standard InChI is InChI=1S/C20H16F3N3O/c1-26(14-7-3-2-4-8-14)15-11-12-18(24-13-15)19(27)25-17-10-6-5-9-16(17)20(21,22)23/h2-13H,1H3,(H,25,27). The van der Waals surface area contributed by atoms with E-state index in [4.69, 9.17) is 0 Å². The van der Waals surface area contributed by atoms with Crippen molar-refractivity contribution >= 4 is 23.0 Å². The predicted molar refractivity (Wildman–Crippen MR) is 98.1 cm³/mol. The Morgan fingerprint density at radius 1 is 0.926 bits per heavy atom. The van der Waals surface area contributed by atoms with Gasteiger partial charge in [0.15, 0.2) is 0 Å². The van der Waals surface area contributed by atoms with Crippen LogP contribution in [0.15, 0.2) is 72.9 Å². The van der Waals surface area contributed by atoms with Gasteiger partial charge in [-0.05, 0) is 36.4 Å². The maximum Gasteiger partial charge on any atom is 0.418 e. The van der Waals surface area contributed by atoms with Crippen LogP contribution in [0, 0.1) is 0 Å². The summed E-state index contributed by atoms with van der Waals surface area (Å²) < 4.78 is 39.1. The summed E-state index contributed by atoms with van der Waals surface area (Å²) in [5.74, 6) is -0.708. The molecule has 0 aliphatic heterocycles. The lowest BCUT2D eigenvalue weighted by Crippen LogP contribution is -2.18. The molecule has 7 heteroatoms. The quantitative estimate of drug-likeness (QED) is 0.692. The number of hydrogen-bond donors (Lipinski definition) is 1. The minimum Gasteiger partial charge on any atom is -0.343 e. The van der Waals surface area contributed by atoms with Crippen LogP contribution in [-0.2, 0) is 6.18 Å². The van der Waals surface area contributed by atoms with Crippen molar-refractivity contribution in [1.82, 2.24) is 4.98 Å². The Morgan fingerprint density at radius 2 is 1.59 bits per heavy atom. The van der Waals surface area contributed by atoms with Crippen LogP contribution in [0.4, 0.5) is 30.2 Å². The number of aromatic nitrogens is 1. The summed E-state index contributed by atoms with van der Waals surface area (Å²) in [7, 11) is 1.85. The first-order valence-corrected chi connectivity index (χ1v) is 8.08. The van der Waals surface area contributed by atoms with E-state index in [2.05, 4.69) is 10.3 Å². The Hall–Kier alpha value is -3.35. The molecular formula is C20H16F3N3O. The number of nitrogens with one attached hydrogen (secondary N) is 1. The van der Waals surface area contributed by atoms with Crippen molar-refractivity contribution in [2.75, 3.05) is 17.3 Å². The lowest BCUT2D eigenvalue weighted by atomic mass is 10.1. The minimum atomic E-state index is -4.56. The van der Waals surface area contributed by atoms with E-state index in [0.29, 0.717) is 0 Å². The molecule has 3 aromatic rings. The molecule has 1 N–H and O–H groups in total. The van der Waals surface area contributed by atoms with Gasteiger partial charge < -0.3 is 10.2 Å². The number of carbonyl (C=O) groups excluding carboxylic acids is 1. The van der Waals surface area contributed by atoms with Gasteiger partial charge in [0.2, 0.25) is 0 Å². The monoisotopic (exact) mass is 371 g/mol. The number of benzene rings is 2. The average molecular weight is 371 g/mol. The SMILES string of the molecule is CN(c1ccccc1)c1ccc(C(=O)Nc2ccccc2C(F)(F)F)nc1. The van der Waals surface area contributed by atoms with Gasteiger partial charge in [-0.25, -0.2) is 4.98 Å². The number of anilines is 3. The van der Waals surface area contributed by atoms with Gasteiger partial charge in [0, 0.05) is 12.7 Å². The van der Waals surface area contributed by atoms with E-state index in [0.717, 1.165) is 17.4 Å².